The number of fused-ring (bicyclic) bond motifs is 1. The zero-order chi connectivity index (χ0) is 24.3. The number of pyridine rings is 1. The molecule has 2 aromatic rings. The summed E-state index contributed by atoms with van der Waals surface area (Å²) >= 11 is 0. The molecule has 2 heterocycles. The first-order chi connectivity index (χ1) is 15.5. The van der Waals surface area contributed by atoms with Crippen molar-refractivity contribution in [3.8, 4) is 0 Å². The summed E-state index contributed by atoms with van der Waals surface area (Å²) < 4.78 is 22.0. The third-order valence-corrected chi connectivity index (χ3v) is 5.74. The predicted molar refractivity (Wildman–Crippen MR) is 124 cm³/mol. The molecule has 1 amide bonds. The van der Waals surface area contributed by atoms with E-state index in [-0.39, 0.29) is 23.1 Å². The smallest absolute Gasteiger partial charge is 0.407 e. The molecule has 3 rings (SSSR count). The molecule has 0 radical (unpaired) electrons. The van der Waals surface area contributed by atoms with E-state index in [1.807, 2.05) is 19.0 Å². The van der Waals surface area contributed by atoms with Gasteiger partial charge in [0.2, 0.25) is 0 Å². The van der Waals surface area contributed by atoms with Crippen molar-refractivity contribution in [2.75, 3.05) is 20.6 Å². The molecule has 9 nitrogen and oxygen atoms in total. The second-order valence-corrected chi connectivity index (χ2v) is 9.94. The van der Waals surface area contributed by atoms with Crippen LogP contribution in [0, 0.1) is 5.82 Å². The predicted octanol–water partition coefficient (Wildman–Crippen LogP) is 2.66. The van der Waals surface area contributed by atoms with E-state index < -0.39 is 28.8 Å². The first-order valence-electron chi connectivity index (χ1n) is 11.4. The van der Waals surface area contributed by atoms with Crippen molar-refractivity contribution in [2.24, 2.45) is 0 Å². The van der Waals surface area contributed by atoms with Crippen LogP contribution in [0.5, 0.6) is 0 Å². The second-order valence-electron chi connectivity index (χ2n) is 9.94. The van der Waals surface area contributed by atoms with E-state index in [2.05, 4.69) is 10.3 Å². The average Bonchev–Trinajstić information content (AvgIpc) is 2.70. The number of amides is 1. The molecule has 1 N–H and O–H groups in total. The number of nitrogens with zero attached hydrogens (tertiary/aromatic N) is 4. The quantitative estimate of drug-likeness (QED) is 0.707. The summed E-state index contributed by atoms with van der Waals surface area (Å²) in [5, 5.41) is 2.97. The Morgan fingerprint density at radius 3 is 2.52 bits per heavy atom. The van der Waals surface area contributed by atoms with Crippen molar-refractivity contribution in [3.05, 3.63) is 38.9 Å². The van der Waals surface area contributed by atoms with Crippen LogP contribution in [0.25, 0.3) is 11.0 Å². The maximum atomic E-state index is 13.9. The molecule has 10 heteroatoms. The minimum Gasteiger partial charge on any atom is -0.444 e. The average molecular weight is 464 g/mol. The number of hydrogen-bond donors (Lipinski definition) is 1. The second kappa shape index (κ2) is 10.0. The Bertz CT molecular complexity index is 1110. The number of alkyl carbamates (subject to hydrolysis) is 1. The molecular formula is C23H34FN5O4. The summed E-state index contributed by atoms with van der Waals surface area (Å²) in [6.45, 7) is 6.54. The monoisotopic (exact) mass is 463 g/mol. The number of ether oxygens (including phenoxy) is 1. The molecule has 0 bridgehead atoms. The lowest BCUT2D eigenvalue weighted by Crippen LogP contribution is -2.46. The summed E-state index contributed by atoms with van der Waals surface area (Å²) in [5.41, 5.74) is -1.31. The molecule has 1 fully saturated rings. The van der Waals surface area contributed by atoms with Gasteiger partial charge in [0.05, 0.1) is 11.6 Å². The lowest BCUT2D eigenvalue weighted by molar-refractivity contribution is 0.0487. The number of aromatic nitrogens is 3. The van der Waals surface area contributed by atoms with Crippen LogP contribution in [0.3, 0.4) is 0 Å². The summed E-state index contributed by atoms with van der Waals surface area (Å²) in [7, 11) is 3.89. The first-order valence-corrected chi connectivity index (χ1v) is 11.4. The van der Waals surface area contributed by atoms with Gasteiger partial charge in [-0.25, -0.2) is 19.0 Å². The number of nitrogens with one attached hydrogen (secondary N) is 1. The van der Waals surface area contributed by atoms with Crippen molar-refractivity contribution < 1.29 is 13.9 Å². The van der Waals surface area contributed by atoms with Gasteiger partial charge < -0.3 is 15.0 Å². The highest BCUT2D eigenvalue weighted by Crippen LogP contribution is 2.27. The molecule has 182 valence electrons. The van der Waals surface area contributed by atoms with Gasteiger partial charge in [0.15, 0.2) is 0 Å². The van der Waals surface area contributed by atoms with E-state index in [4.69, 9.17) is 4.74 Å². The van der Waals surface area contributed by atoms with E-state index in [1.54, 1.807) is 20.8 Å². The van der Waals surface area contributed by atoms with E-state index in [9.17, 15) is 18.8 Å². The number of hydrogen-bond acceptors (Lipinski definition) is 6. The van der Waals surface area contributed by atoms with Crippen LogP contribution in [0.15, 0.2) is 21.9 Å². The molecule has 0 saturated heterocycles. The highest BCUT2D eigenvalue weighted by Gasteiger charge is 2.28. The van der Waals surface area contributed by atoms with Crippen molar-refractivity contribution >= 4 is 17.1 Å². The molecule has 0 atom stereocenters. The van der Waals surface area contributed by atoms with Gasteiger partial charge in [-0.1, -0.05) is 0 Å². The standard InChI is InChI=1S/C23H34FN5O4/c1-23(2,3)33-21(31)26-16-7-9-17(10-8-16)29-20(30)18-13-15(24)14-25-19(18)28(22(29)32)12-6-11-27(4)5/h13-14,16-17H,6-12H2,1-5H3,(H,26,31)/t16-,17+. The molecule has 1 saturated carbocycles. The molecular weight excluding hydrogens is 429 g/mol. The molecule has 0 aromatic carbocycles. The summed E-state index contributed by atoms with van der Waals surface area (Å²) in [6.07, 6.45) is 3.54. The fourth-order valence-corrected chi connectivity index (χ4v) is 4.26. The molecule has 33 heavy (non-hydrogen) atoms. The minimum absolute atomic E-state index is 0.0892. The first kappa shape index (κ1) is 24.9. The third kappa shape index (κ3) is 6.19. The van der Waals surface area contributed by atoms with Gasteiger partial charge in [-0.15, -0.1) is 0 Å². The van der Waals surface area contributed by atoms with Gasteiger partial charge >= 0.3 is 11.8 Å². The normalized spacial score (nSPS) is 19.1. The Hall–Kier alpha value is -2.75. The van der Waals surface area contributed by atoms with Gasteiger partial charge in [0, 0.05) is 18.6 Å². The van der Waals surface area contributed by atoms with Crippen LogP contribution in [0.4, 0.5) is 9.18 Å². The lowest BCUT2D eigenvalue weighted by Gasteiger charge is -2.31. The zero-order valence-electron chi connectivity index (χ0n) is 20.1. The van der Waals surface area contributed by atoms with Crippen LogP contribution in [-0.4, -0.2) is 57.4 Å². The molecule has 1 aliphatic rings. The Kier molecular flexibility index (Phi) is 7.56. The van der Waals surface area contributed by atoms with Gasteiger partial charge in [-0.05, 0) is 79.6 Å². The van der Waals surface area contributed by atoms with Crippen LogP contribution < -0.4 is 16.6 Å². The van der Waals surface area contributed by atoms with Crippen molar-refractivity contribution in [1.82, 2.24) is 24.3 Å². The Balaban J connectivity index is 1.85. The van der Waals surface area contributed by atoms with Gasteiger partial charge in [0.1, 0.15) is 17.1 Å². The Labute approximate surface area is 192 Å². The number of halogens is 1. The van der Waals surface area contributed by atoms with Crippen LogP contribution in [0.2, 0.25) is 0 Å². The third-order valence-electron chi connectivity index (χ3n) is 5.74. The topological polar surface area (TPSA) is 98.5 Å². The highest BCUT2D eigenvalue weighted by molar-refractivity contribution is 5.73. The maximum absolute atomic E-state index is 13.9. The van der Waals surface area contributed by atoms with Gasteiger partial charge in [-0.3, -0.25) is 13.9 Å². The molecule has 0 aliphatic heterocycles. The van der Waals surface area contributed by atoms with Crippen molar-refractivity contribution in [3.63, 3.8) is 0 Å². The number of rotatable bonds is 6. The van der Waals surface area contributed by atoms with E-state index in [0.717, 1.165) is 18.8 Å². The Morgan fingerprint density at radius 2 is 1.91 bits per heavy atom. The van der Waals surface area contributed by atoms with Crippen LogP contribution >= 0.6 is 0 Å². The number of carbonyl (C=O) groups excluding carboxylic acids is 1. The lowest BCUT2D eigenvalue weighted by atomic mass is 9.91. The SMILES string of the molecule is CN(C)CCCn1c(=O)n([C@H]2CC[C@@H](NC(=O)OC(C)(C)C)CC2)c(=O)c2cc(F)cnc21. The minimum atomic E-state index is -0.616. The highest BCUT2D eigenvalue weighted by atomic mass is 19.1. The fraction of sp³-hybridized carbons (Fsp3) is 0.652. The maximum Gasteiger partial charge on any atom is 0.407 e. The fourth-order valence-electron chi connectivity index (χ4n) is 4.26. The van der Waals surface area contributed by atoms with Crippen LogP contribution in [-0.2, 0) is 11.3 Å². The molecule has 0 spiro atoms. The van der Waals surface area contributed by atoms with E-state index in [1.165, 1.54) is 9.13 Å². The van der Waals surface area contributed by atoms with Gasteiger partial charge in [0.25, 0.3) is 5.56 Å². The van der Waals surface area contributed by atoms with Crippen molar-refractivity contribution in [2.45, 2.75) is 77.1 Å². The van der Waals surface area contributed by atoms with E-state index in [0.29, 0.717) is 38.6 Å². The van der Waals surface area contributed by atoms with Crippen LogP contribution in [0.1, 0.15) is 58.9 Å². The number of aryl methyl sites for hydroxylation is 1. The molecule has 0 unspecified atom stereocenters. The molecule has 2 aromatic heterocycles. The summed E-state index contributed by atoms with van der Waals surface area (Å²) in [5.74, 6) is -0.616. The zero-order valence-corrected chi connectivity index (χ0v) is 20.1. The van der Waals surface area contributed by atoms with Crippen molar-refractivity contribution in [1.29, 1.82) is 0 Å². The van der Waals surface area contributed by atoms with E-state index >= 15 is 0 Å². The molecule has 1 aliphatic carbocycles. The summed E-state index contributed by atoms with van der Waals surface area (Å²) in [6, 6.07) is 0.738. The summed E-state index contributed by atoms with van der Waals surface area (Å²) in [4.78, 5) is 44.7. The number of carbonyl (C=O) groups is 1. The largest absolute Gasteiger partial charge is 0.444 e. The Morgan fingerprint density at radius 1 is 1.24 bits per heavy atom. The van der Waals surface area contributed by atoms with Gasteiger partial charge in [-0.2, -0.15) is 0 Å².